The van der Waals surface area contributed by atoms with Crippen molar-refractivity contribution < 1.29 is 14.2 Å². The minimum Gasteiger partial charge on any atom is -0.494 e. The molecule has 0 spiro atoms. The van der Waals surface area contributed by atoms with Gasteiger partial charge in [0.15, 0.2) is 7.28 Å². The Labute approximate surface area is 203 Å². The molecule has 0 fully saturated rings. The van der Waals surface area contributed by atoms with Crippen LogP contribution in [0, 0.1) is 10.1 Å². The summed E-state index contributed by atoms with van der Waals surface area (Å²) >= 11 is 7.04. The zero-order valence-electron chi connectivity index (χ0n) is 18.0. The molecule has 0 aliphatic rings. The summed E-state index contributed by atoms with van der Waals surface area (Å²) in [7, 11) is -1.36. The SMILES string of the molecule is COc1ccc([N+](=O)[O-])cc1N=P(Oc1ccc(Br)cc1Br)(c1ccncc1)C(C)(C)C. The molecule has 32 heavy (non-hydrogen) atoms. The number of hydrogen-bond acceptors (Lipinski definition) is 6. The molecule has 3 aromatic rings. The van der Waals surface area contributed by atoms with Gasteiger partial charge in [-0.15, -0.1) is 0 Å². The standard InChI is InChI=1S/C22H22Br2N3O4P/c1-22(2,3)32(17-9-11-25-12-10-17,31-20-7-5-15(23)13-18(20)24)26-19-14-16(27(28)29)6-8-21(19)30-4/h5-14H,1-4H3. The van der Waals surface area contributed by atoms with Crippen LogP contribution in [-0.4, -0.2) is 22.2 Å². The number of hydrogen-bond donors (Lipinski definition) is 0. The van der Waals surface area contributed by atoms with Crippen LogP contribution in [0.3, 0.4) is 0 Å². The molecule has 2 aromatic carbocycles. The van der Waals surface area contributed by atoms with Crippen LogP contribution in [0.25, 0.3) is 0 Å². The Kier molecular flexibility index (Phi) is 7.43. The summed E-state index contributed by atoms with van der Waals surface area (Å²) in [5.74, 6) is 1.04. The van der Waals surface area contributed by atoms with E-state index in [-0.39, 0.29) is 5.69 Å². The van der Waals surface area contributed by atoms with Gasteiger partial charge in [-0.3, -0.25) is 15.1 Å². The van der Waals surface area contributed by atoms with Crippen molar-refractivity contribution in [2.45, 2.75) is 25.9 Å². The van der Waals surface area contributed by atoms with Gasteiger partial charge in [0.05, 0.1) is 16.5 Å². The van der Waals surface area contributed by atoms with E-state index < -0.39 is 17.4 Å². The number of rotatable bonds is 6. The topological polar surface area (TPSA) is 86.9 Å². The summed E-state index contributed by atoms with van der Waals surface area (Å²) in [5, 5.41) is 11.8. The van der Waals surface area contributed by atoms with Gasteiger partial charge in [-0.1, -0.05) is 36.7 Å². The smallest absolute Gasteiger partial charge is 0.271 e. The molecule has 0 N–H and O–H groups in total. The molecule has 0 amide bonds. The summed E-state index contributed by atoms with van der Waals surface area (Å²) in [5.41, 5.74) is 0.283. The van der Waals surface area contributed by atoms with Crippen molar-refractivity contribution in [1.82, 2.24) is 4.98 Å². The molecule has 1 aromatic heterocycles. The van der Waals surface area contributed by atoms with Crippen LogP contribution in [0.2, 0.25) is 0 Å². The first-order valence-corrected chi connectivity index (χ1v) is 12.8. The Hall–Kier alpha value is -2.22. The van der Waals surface area contributed by atoms with Crippen LogP contribution in [0.4, 0.5) is 11.4 Å². The van der Waals surface area contributed by atoms with Gasteiger partial charge in [0.2, 0.25) is 0 Å². The molecule has 3 rings (SSSR count). The highest BCUT2D eigenvalue weighted by atomic mass is 79.9. The van der Waals surface area contributed by atoms with Crippen LogP contribution >= 0.6 is 39.1 Å². The maximum absolute atomic E-state index is 11.4. The predicted octanol–water partition coefficient (Wildman–Crippen LogP) is 7.47. The van der Waals surface area contributed by atoms with Gasteiger partial charge in [0.1, 0.15) is 17.2 Å². The predicted molar refractivity (Wildman–Crippen MR) is 135 cm³/mol. The fraction of sp³-hybridized carbons (Fsp3) is 0.227. The molecule has 0 saturated carbocycles. The third kappa shape index (κ3) is 5.05. The number of benzene rings is 2. The highest BCUT2D eigenvalue weighted by Crippen LogP contribution is 2.63. The number of methoxy groups -OCH3 is 1. The molecule has 168 valence electrons. The molecular weight excluding hydrogens is 561 g/mol. The molecule has 7 nitrogen and oxygen atoms in total. The van der Waals surface area contributed by atoms with Crippen molar-refractivity contribution >= 4 is 55.8 Å². The van der Waals surface area contributed by atoms with E-state index in [1.165, 1.54) is 19.2 Å². The Morgan fingerprint density at radius 2 is 1.69 bits per heavy atom. The lowest BCUT2D eigenvalue weighted by Crippen LogP contribution is -2.27. The zero-order chi connectivity index (χ0) is 23.5. The number of halogens is 2. The molecule has 0 radical (unpaired) electrons. The highest BCUT2D eigenvalue weighted by Gasteiger charge is 2.39. The minimum atomic E-state index is -2.87. The first kappa shape index (κ1) is 24.4. The van der Waals surface area contributed by atoms with E-state index in [4.69, 9.17) is 14.0 Å². The van der Waals surface area contributed by atoms with E-state index in [2.05, 4.69) is 36.8 Å². The average Bonchev–Trinajstić information content (AvgIpc) is 2.74. The maximum atomic E-state index is 11.4. The van der Waals surface area contributed by atoms with Crippen molar-refractivity contribution in [3.05, 3.63) is 80.0 Å². The molecule has 10 heteroatoms. The number of nitro groups is 1. The monoisotopic (exact) mass is 581 g/mol. The van der Waals surface area contributed by atoms with Crippen molar-refractivity contribution in [3.63, 3.8) is 0 Å². The van der Waals surface area contributed by atoms with Crippen molar-refractivity contribution in [2.75, 3.05) is 7.11 Å². The fourth-order valence-electron chi connectivity index (χ4n) is 3.06. The average molecular weight is 583 g/mol. The summed E-state index contributed by atoms with van der Waals surface area (Å²) in [6, 6.07) is 13.8. The largest absolute Gasteiger partial charge is 0.494 e. The van der Waals surface area contributed by atoms with Crippen LogP contribution in [0.5, 0.6) is 11.5 Å². The lowest BCUT2D eigenvalue weighted by Gasteiger charge is -2.37. The van der Waals surface area contributed by atoms with E-state index >= 15 is 0 Å². The normalized spacial score (nSPS) is 13.2. The third-order valence-electron chi connectivity index (χ3n) is 4.67. The van der Waals surface area contributed by atoms with Crippen molar-refractivity contribution in [3.8, 4) is 11.5 Å². The Morgan fingerprint density at radius 1 is 1.03 bits per heavy atom. The highest BCUT2D eigenvalue weighted by molar-refractivity contribution is 9.11. The van der Waals surface area contributed by atoms with Crippen LogP contribution in [0.1, 0.15) is 20.8 Å². The number of nitrogens with zero attached hydrogens (tertiary/aromatic N) is 3. The number of non-ortho nitro benzene ring substituents is 1. The number of aromatic nitrogens is 1. The maximum Gasteiger partial charge on any atom is 0.271 e. The van der Waals surface area contributed by atoms with Crippen LogP contribution in [-0.2, 0) is 0 Å². The van der Waals surface area contributed by atoms with E-state index in [1.807, 2.05) is 51.1 Å². The molecule has 0 aliphatic heterocycles. The Bertz CT molecular complexity index is 1200. The first-order chi connectivity index (χ1) is 15.1. The van der Waals surface area contributed by atoms with E-state index in [0.29, 0.717) is 17.2 Å². The van der Waals surface area contributed by atoms with Gasteiger partial charge in [0.25, 0.3) is 5.69 Å². The van der Waals surface area contributed by atoms with E-state index in [0.717, 1.165) is 14.2 Å². The van der Waals surface area contributed by atoms with Gasteiger partial charge in [-0.2, -0.15) is 0 Å². The fourth-order valence-corrected chi connectivity index (χ4v) is 7.37. The molecule has 1 atom stereocenters. The summed E-state index contributed by atoms with van der Waals surface area (Å²) < 4.78 is 19.0. The second kappa shape index (κ2) is 9.73. The number of pyridine rings is 1. The Morgan fingerprint density at radius 3 is 2.25 bits per heavy atom. The molecule has 1 unspecified atom stereocenters. The minimum absolute atomic E-state index is 0.0730. The second-order valence-corrected chi connectivity index (χ2v) is 13.0. The van der Waals surface area contributed by atoms with Gasteiger partial charge in [0, 0.05) is 39.5 Å². The van der Waals surface area contributed by atoms with Gasteiger partial charge in [-0.25, -0.2) is 4.74 Å². The summed E-state index contributed by atoms with van der Waals surface area (Å²) in [6.07, 6.45) is 3.38. The number of ether oxygens (including phenoxy) is 1. The summed E-state index contributed by atoms with van der Waals surface area (Å²) in [4.78, 5) is 15.1. The third-order valence-corrected chi connectivity index (χ3v) is 9.56. The quantitative estimate of drug-likeness (QED) is 0.171. The second-order valence-electron chi connectivity index (χ2n) is 7.83. The molecule has 1 heterocycles. The Balaban J connectivity index is 2.39. The lowest BCUT2D eigenvalue weighted by atomic mass is 10.2. The molecule has 0 saturated heterocycles. The van der Waals surface area contributed by atoms with Crippen LogP contribution < -0.4 is 14.6 Å². The van der Waals surface area contributed by atoms with E-state index in [9.17, 15) is 10.1 Å². The molecule has 0 aliphatic carbocycles. The summed E-state index contributed by atoms with van der Waals surface area (Å²) in [6.45, 7) is 6.13. The van der Waals surface area contributed by atoms with Gasteiger partial charge >= 0.3 is 0 Å². The first-order valence-electron chi connectivity index (χ1n) is 9.57. The zero-order valence-corrected chi connectivity index (χ0v) is 22.0. The molecular formula is C22H22Br2N3O4P. The lowest BCUT2D eigenvalue weighted by molar-refractivity contribution is -0.384. The molecule has 0 bridgehead atoms. The van der Waals surface area contributed by atoms with Crippen molar-refractivity contribution in [2.24, 2.45) is 4.74 Å². The van der Waals surface area contributed by atoms with Gasteiger partial charge < -0.3 is 9.26 Å². The number of nitro benzene ring substituents is 1. The van der Waals surface area contributed by atoms with E-state index in [1.54, 1.807) is 18.5 Å². The van der Waals surface area contributed by atoms with Gasteiger partial charge in [-0.05, 0) is 52.3 Å². The van der Waals surface area contributed by atoms with Crippen LogP contribution in [0.15, 0.2) is 74.6 Å². The van der Waals surface area contributed by atoms with Crippen molar-refractivity contribution in [1.29, 1.82) is 0 Å².